The quantitative estimate of drug-likeness (QED) is 0.547. The van der Waals surface area contributed by atoms with Gasteiger partial charge in [0, 0.05) is 24.0 Å². The Kier molecular flexibility index (Phi) is 4.33. The van der Waals surface area contributed by atoms with Crippen LogP contribution in [0.5, 0.6) is 0 Å². The highest BCUT2D eigenvalue weighted by Crippen LogP contribution is 2.26. The van der Waals surface area contributed by atoms with Crippen LogP contribution >= 0.6 is 0 Å². The van der Waals surface area contributed by atoms with E-state index in [2.05, 4.69) is 20.3 Å². The van der Waals surface area contributed by atoms with Crippen molar-refractivity contribution in [3.63, 3.8) is 0 Å². The number of oxazole rings is 1. The van der Waals surface area contributed by atoms with Gasteiger partial charge in [-0.2, -0.15) is 0 Å². The number of aliphatic hydroxyl groups is 1. The molecule has 1 saturated heterocycles. The summed E-state index contributed by atoms with van der Waals surface area (Å²) in [6.07, 6.45) is 5.05. The van der Waals surface area contributed by atoms with Gasteiger partial charge in [0.1, 0.15) is 12.1 Å². The highest BCUT2D eigenvalue weighted by atomic mass is 19.1. The minimum absolute atomic E-state index is 0.0361. The molecule has 29 heavy (non-hydrogen) atoms. The van der Waals surface area contributed by atoms with Gasteiger partial charge in [-0.05, 0) is 44.1 Å². The lowest BCUT2D eigenvalue weighted by molar-refractivity contribution is 0.244. The van der Waals surface area contributed by atoms with Crippen LogP contribution in [0.1, 0.15) is 24.8 Å². The Morgan fingerprint density at radius 2 is 2.10 bits per heavy atom. The number of pyridine rings is 1. The number of aliphatic hydroxyl groups excluding tert-OH is 1. The van der Waals surface area contributed by atoms with Gasteiger partial charge in [-0.15, -0.1) is 0 Å². The summed E-state index contributed by atoms with van der Waals surface area (Å²) >= 11 is 0. The first kappa shape index (κ1) is 17.9. The maximum atomic E-state index is 14.4. The minimum atomic E-state index is -0.592. The Balaban J connectivity index is 1.58. The first-order valence-electron chi connectivity index (χ1n) is 9.43. The van der Waals surface area contributed by atoms with Crippen LogP contribution in [-0.2, 0) is 6.61 Å². The van der Waals surface area contributed by atoms with Gasteiger partial charge in [0.05, 0.1) is 10.9 Å². The second-order valence-corrected chi connectivity index (χ2v) is 7.07. The molecule has 0 bridgehead atoms. The van der Waals surface area contributed by atoms with E-state index in [9.17, 15) is 9.18 Å². The highest BCUT2D eigenvalue weighted by Gasteiger charge is 2.18. The van der Waals surface area contributed by atoms with E-state index in [4.69, 9.17) is 9.52 Å². The van der Waals surface area contributed by atoms with E-state index in [0.717, 1.165) is 25.9 Å². The lowest BCUT2D eigenvalue weighted by Crippen LogP contribution is -2.34. The molecule has 4 aromatic rings. The van der Waals surface area contributed by atoms with Crippen molar-refractivity contribution in [2.45, 2.75) is 25.5 Å². The van der Waals surface area contributed by atoms with Crippen molar-refractivity contribution in [1.29, 1.82) is 0 Å². The van der Waals surface area contributed by atoms with Gasteiger partial charge < -0.3 is 19.4 Å². The Bertz CT molecular complexity index is 1280. The van der Waals surface area contributed by atoms with Gasteiger partial charge >= 0.3 is 0 Å². The van der Waals surface area contributed by atoms with Crippen LogP contribution in [0, 0.1) is 5.82 Å². The molecule has 1 aliphatic rings. The van der Waals surface area contributed by atoms with Crippen LogP contribution in [0.4, 0.5) is 4.39 Å². The molecular weight excluding hydrogens is 377 g/mol. The summed E-state index contributed by atoms with van der Waals surface area (Å²) in [6, 6.07) is 4.79. The number of nitrogens with one attached hydrogen (secondary N) is 1. The third-order valence-corrected chi connectivity index (χ3v) is 5.26. The fraction of sp³-hybridized carbons (Fsp3) is 0.300. The van der Waals surface area contributed by atoms with Gasteiger partial charge in [-0.3, -0.25) is 4.79 Å². The van der Waals surface area contributed by atoms with E-state index in [1.807, 2.05) is 0 Å². The maximum Gasteiger partial charge on any atom is 0.261 e. The zero-order chi connectivity index (χ0) is 20.0. The molecule has 148 valence electrons. The number of piperidine rings is 1. The van der Waals surface area contributed by atoms with Crippen molar-refractivity contribution < 1.29 is 13.9 Å². The fourth-order valence-electron chi connectivity index (χ4n) is 3.79. The molecule has 3 aromatic heterocycles. The zero-order valence-corrected chi connectivity index (χ0v) is 15.4. The van der Waals surface area contributed by atoms with E-state index in [1.165, 1.54) is 12.3 Å². The van der Waals surface area contributed by atoms with E-state index in [-0.39, 0.29) is 34.4 Å². The second kappa shape index (κ2) is 7.02. The SMILES string of the molecule is O=c1c2cnc(-c3cc(F)c4nc(CO)oc4c3)nc2ccn1C1CCNCC1. The average molecular weight is 395 g/mol. The average Bonchev–Trinajstić information content (AvgIpc) is 3.18. The van der Waals surface area contributed by atoms with Crippen molar-refractivity contribution >= 4 is 22.0 Å². The molecule has 0 aliphatic carbocycles. The standard InChI is InChI=1S/C20H18FN5O3/c21-14-7-11(8-16-18(14)25-17(10-27)29-16)19-23-9-13-15(24-19)3-6-26(20(13)28)12-1-4-22-5-2-12/h3,6-9,12,22,27H,1-2,4-5,10H2. The summed E-state index contributed by atoms with van der Waals surface area (Å²) in [6.45, 7) is 1.36. The second-order valence-electron chi connectivity index (χ2n) is 7.07. The summed E-state index contributed by atoms with van der Waals surface area (Å²) in [4.78, 5) is 25.5. The Labute approximate surface area is 164 Å². The normalized spacial score (nSPS) is 15.4. The zero-order valence-electron chi connectivity index (χ0n) is 15.4. The van der Waals surface area contributed by atoms with Crippen molar-refractivity contribution in [3.8, 4) is 11.4 Å². The molecule has 4 heterocycles. The predicted octanol–water partition coefficient (Wildman–Crippen LogP) is 2.16. The van der Waals surface area contributed by atoms with Gasteiger partial charge in [0.25, 0.3) is 5.56 Å². The predicted molar refractivity (Wildman–Crippen MR) is 104 cm³/mol. The third-order valence-electron chi connectivity index (χ3n) is 5.26. The van der Waals surface area contributed by atoms with Gasteiger partial charge in [0.2, 0.25) is 5.89 Å². The number of aromatic nitrogens is 4. The molecule has 1 fully saturated rings. The third kappa shape index (κ3) is 3.08. The molecule has 0 unspecified atom stereocenters. The number of hydrogen-bond acceptors (Lipinski definition) is 7. The Morgan fingerprint density at radius 1 is 1.28 bits per heavy atom. The molecule has 8 nitrogen and oxygen atoms in total. The van der Waals surface area contributed by atoms with Crippen molar-refractivity contribution in [2.24, 2.45) is 0 Å². The van der Waals surface area contributed by atoms with E-state index in [0.29, 0.717) is 16.5 Å². The van der Waals surface area contributed by atoms with Crippen molar-refractivity contribution in [3.05, 3.63) is 52.7 Å². The summed E-state index contributed by atoms with van der Waals surface area (Å²) in [5.74, 6) is -0.279. The molecule has 1 aromatic carbocycles. The summed E-state index contributed by atoms with van der Waals surface area (Å²) in [5, 5.41) is 12.9. The van der Waals surface area contributed by atoms with Crippen LogP contribution in [0.3, 0.4) is 0 Å². The number of halogens is 1. The smallest absolute Gasteiger partial charge is 0.261 e. The molecule has 1 aliphatic heterocycles. The molecule has 0 radical (unpaired) electrons. The summed E-state index contributed by atoms with van der Waals surface area (Å²) < 4.78 is 21.5. The number of nitrogens with zero attached hydrogens (tertiary/aromatic N) is 4. The molecule has 0 atom stereocenters. The summed E-state index contributed by atoms with van der Waals surface area (Å²) in [5.41, 5.74) is 1.03. The number of hydrogen-bond donors (Lipinski definition) is 2. The molecule has 0 spiro atoms. The maximum absolute atomic E-state index is 14.4. The van der Waals surface area contributed by atoms with E-state index in [1.54, 1.807) is 22.9 Å². The number of rotatable bonds is 3. The summed E-state index contributed by atoms with van der Waals surface area (Å²) in [7, 11) is 0. The van der Waals surface area contributed by atoms with Crippen LogP contribution in [0.15, 0.2) is 39.8 Å². The molecule has 2 N–H and O–H groups in total. The fourth-order valence-corrected chi connectivity index (χ4v) is 3.79. The van der Waals surface area contributed by atoms with Gasteiger partial charge in [-0.1, -0.05) is 0 Å². The molecule has 9 heteroatoms. The highest BCUT2D eigenvalue weighted by molar-refractivity contribution is 5.82. The topological polar surface area (TPSA) is 106 Å². The van der Waals surface area contributed by atoms with Crippen LogP contribution in [0.25, 0.3) is 33.4 Å². The Hall–Kier alpha value is -3.17. The van der Waals surface area contributed by atoms with Crippen LogP contribution < -0.4 is 10.9 Å². The van der Waals surface area contributed by atoms with Gasteiger partial charge in [0.15, 0.2) is 17.2 Å². The minimum Gasteiger partial charge on any atom is -0.438 e. The molecule has 0 amide bonds. The Morgan fingerprint density at radius 3 is 2.90 bits per heavy atom. The van der Waals surface area contributed by atoms with Gasteiger partial charge in [-0.25, -0.2) is 19.3 Å². The lowest BCUT2D eigenvalue weighted by Gasteiger charge is -2.24. The lowest BCUT2D eigenvalue weighted by atomic mass is 10.1. The molecule has 0 saturated carbocycles. The van der Waals surface area contributed by atoms with Crippen LogP contribution in [-0.4, -0.2) is 37.7 Å². The van der Waals surface area contributed by atoms with Crippen LogP contribution in [0.2, 0.25) is 0 Å². The first-order chi connectivity index (χ1) is 14.1. The van der Waals surface area contributed by atoms with Crippen molar-refractivity contribution in [1.82, 2.24) is 24.8 Å². The van der Waals surface area contributed by atoms with Crippen molar-refractivity contribution in [2.75, 3.05) is 13.1 Å². The number of benzene rings is 1. The first-order valence-corrected chi connectivity index (χ1v) is 9.43. The van der Waals surface area contributed by atoms with E-state index >= 15 is 0 Å². The molecular formula is C20H18FN5O3. The largest absolute Gasteiger partial charge is 0.438 e. The van der Waals surface area contributed by atoms with E-state index < -0.39 is 12.4 Å². The monoisotopic (exact) mass is 395 g/mol. The molecule has 5 rings (SSSR count). The number of fused-ring (bicyclic) bond motifs is 2.